The highest BCUT2D eigenvalue weighted by Gasteiger charge is 2.02. The quantitative estimate of drug-likeness (QED) is 0.567. The van der Waals surface area contributed by atoms with Crippen molar-refractivity contribution >= 4 is 17.2 Å². The van der Waals surface area contributed by atoms with Crippen molar-refractivity contribution in [3.8, 4) is 0 Å². The van der Waals surface area contributed by atoms with E-state index in [9.17, 15) is 4.79 Å². The third-order valence-corrected chi connectivity index (χ3v) is 3.01. The van der Waals surface area contributed by atoms with Crippen molar-refractivity contribution in [1.29, 1.82) is 0 Å². The molecule has 1 aromatic rings. The predicted octanol–water partition coefficient (Wildman–Crippen LogP) is 1.45. The molecule has 0 radical (unpaired) electrons. The van der Waals surface area contributed by atoms with Gasteiger partial charge in [-0.3, -0.25) is 4.79 Å². The molecular formula is C11H16N2OS. The maximum absolute atomic E-state index is 11.3. The number of carbonyl (C=O) groups excluding carboxylic acids is 1. The van der Waals surface area contributed by atoms with Gasteiger partial charge in [0.15, 0.2) is 0 Å². The van der Waals surface area contributed by atoms with Crippen LogP contribution in [0.4, 0.5) is 0 Å². The lowest BCUT2D eigenvalue weighted by Crippen LogP contribution is -2.33. The lowest BCUT2D eigenvalue weighted by atomic mass is 10.3. The molecule has 1 aromatic heterocycles. The molecule has 2 N–H and O–H groups in total. The van der Waals surface area contributed by atoms with Gasteiger partial charge in [0.25, 0.3) is 0 Å². The van der Waals surface area contributed by atoms with E-state index < -0.39 is 0 Å². The zero-order chi connectivity index (χ0) is 11.1. The van der Waals surface area contributed by atoms with Gasteiger partial charge < -0.3 is 10.6 Å². The molecule has 1 amide bonds. The maximum atomic E-state index is 11.3. The molecule has 0 aliphatic rings. The second-order valence-electron chi connectivity index (χ2n) is 3.22. The fourth-order valence-electron chi connectivity index (χ4n) is 1.11. The van der Waals surface area contributed by atoms with Gasteiger partial charge >= 0.3 is 0 Å². The van der Waals surface area contributed by atoms with Crippen LogP contribution in [0.3, 0.4) is 0 Å². The zero-order valence-corrected chi connectivity index (χ0v) is 9.69. The molecule has 0 atom stereocenters. The highest BCUT2D eigenvalue weighted by Crippen LogP contribution is 2.14. The van der Waals surface area contributed by atoms with E-state index in [0.717, 1.165) is 0 Å². The minimum Gasteiger partial charge on any atom is -0.350 e. The minimum absolute atomic E-state index is 0.0182. The Labute approximate surface area is 94.2 Å². The molecule has 0 bridgehead atoms. The molecule has 15 heavy (non-hydrogen) atoms. The van der Waals surface area contributed by atoms with Crippen LogP contribution < -0.4 is 10.6 Å². The molecule has 82 valence electrons. The topological polar surface area (TPSA) is 41.1 Å². The summed E-state index contributed by atoms with van der Waals surface area (Å²) in [5.74, 6) is 0.0182. The van der Waals surface area contributed by atoms with Crippen molar-refractivity contribution < 1.29 is 4.79 Å². The molecule has 3 nitrogen and oxygen atoms in total. The summed E-state index contributed by atoms with van der Waals surface area (Å²) in [5, 5.41) is 7.85. The number of carbonyl (C=O) groups is 1. The highest BCUT2D eigenvalue weighted by molar-refractivity contribution is 7.10. The molecule has 1 rings (SSSR count). The number of hydrogen-bond acceptors (Lipinski definition) is 3. The van der Waals surface area contributed by atoms with Gasteiger partial charge in [0.2, 0.25) is 5.91 Å². The van der Waals surface area contributed by atoms with Gasteiger partial charge in [-0.2, -0.15) is 0 Å². The van der Waals surface area contributed by atoms with Crippen LogP contribution in [0.1, 0.15) is 10.4 Å². The van der Waals surface area contributed by atoms with Crippen LogP contribution >= 0.6 is 11.3 Å². The smallest absolute Gasteiger partial charge is 0.234 e. The summed E-state index contributed by atoms with van der Waals surface area (Å²) in [6.45, 7) is 7.24. The van der Waals surface area contributed by atoms with Crippen LogP contribution in [0.2, 0.25) is 0 Å². The second-order valence-corrected chi connectivity index (χ2v) is 4.22. The first-order valence-corrected chi connectivity index (χ1v) is 5.73. The van der Waals surface area contributed by atoms with E-state index in [2.05, 4.69) is 23.3 Å². The van der Waals surface area contributed by atoms with Crippen molar-refractivity contribution in [1.82, 2.24) is 10.6 Å². The fraction of sp³-hybridized carbons (Fsp3) is 0.364. The second kappa shape index (κ2) is 6.37. The first-order valence-electron chi connectivity index (χ1n) is 4.85. The van der Waals surface area contributed by atoms with Gasteiger partial charge in [-0.05, 0) is 23.9 Å². The van der Waals surface area contributed by atoms with E-state index in [-0.39, 0.29) is 5.91 Å². The number of nitrogens with one attached hydrogen (secondary N) is 2. The van der Waals surface area contributed by atoms with Crippen molar-refractivity contribution in [3.63, 3.8) is 0 Å². The maximum Gasteiger partial charge on any atom is 0.234 e. The van der Waals surface area contributed by atoms with Crippen LogP contribution in [-0.2, 0) is 11.3 Å². The first kappa shape index (κ1) is 11.9. The van der Waals surface area contributed by atoms with Crippen molar-refractivity contribution in [2.45, 2.75) is 13.5 Å². The molecule has 0 spiro atoms. The van der Waals surface area contributed by atoms with Crippen LogP contribution in [0, 0.1) is 6.92 Å². The average Bonchev–Trinajstić information content (AvgIpc) is 2.61. The van der Waals surface area contributed by atoms with E-state index in [0.29, 0.717) is 19.6 Å². The van der Waals surface area contributed by atoms with E-state index in [1.54, 1.807) is 17.4 Å². The molecule has 0 aliphatic heterocycles. The highest BCUT2D eigenvalue weighted by atomic mass is 32.1. The predicted molar refractivity (Wildman–Crippen MR) is 64.0 cm³/mol. The molecular weight excluding hydrogens is 208 g/mol. The van der Waals surface area contributed by atoms with Crippen LogP contribution in [0.15, 0.2) is 24.1 Å². The van der Waals surface area contributed by atoms with Gasteiger partial charge in [-0.15, -0.1) is 17.9 Å². The summed E-state index contributed by atoms with van der Waals surface area (Å²) in [6.07, 6.45) is 1.73. The molecule has 4 heteroatoms. The number of hydrogen-bond donors (Lipinski definition) is 2. The normalized spacial score (nSPS) is 9.93. The molecule has 0 saturated heterocycles. The molecule has 0 aliphatic carbocycles. The summed E-state index contributed by atoms with van der Waals surface area (Å²) in [6, 6.07) is 2.06. The summed E-state index contributed by atoms with van der Waals surface area (Å²) in [5.41, 5.74) is 1.24. The monoisotopic (exact) mass is 224 g/mol. The zero-order valence-electron chi connectivity index (χ0n) is 8.88. The Morgan fingerprint density at radius 2 is 2.47 bits per heavy atom. The molecule has 0 saturated carbocycles. The van der Waals surface area contributed by atoms with E-state index in [4.69, 9.17) is 0 Å². The van der Waals surface area contributed by atoms with E-state index >= 15 is 0 Å². The summed E-state index contributed by atoms with van der Waals surface area (Å²) >= 11 is 1.67. The molecule has 0 unspecified atom stereocenters. The lowest BCUT2D eigenvalue weighted by molar-refractivity contribution is -0.120. The Morgan fingerprint density at radius 1 is 1.67 bits per heavy atom. The Bertz CT molecular complexity index is 333. The van der Waals surface area contributed by atoms with Crippen LogP contribution in [0.25, 0.3) is 0 Å². The molecule has 1 heterocycles. The van der Waals surface area contributed by atoms with E-state index in [1.165, 1.54) is 10.4 Å². The van der Waals surface area contributed by atoms with Gasteiger partial charge in [-0.1, -0.05) is 6.08 Å². The summed E-state index contributed by atoms with van der Waals surface area (Å²) in [4.78, 5) is 12.5. The van der Waals surface area contributed by atoms with Gasteiger partial charge in [0.1, 0.15) is 0 Å². The Balaban J connectivity index is 2.22. The van der Waals surface area contributed by atoms with Gasteiger partial charge in [0, 0.05) is 11.4 Å². The van der Waals surface area contributed by atoms with Crippen molar-refractivity contribution in [2.75, 3.05) is 13.1 Å². The Kier molecular flexibility index (Phi) is 5.07. The number of thiophene rings is 1. The standard InChI is InChI=1S/C11H16N2OS/c1-3-5-12-8-11(14)13-7-10-9(2)4-6-15-10/h3-4,6,12H,1,5,7-8H2,2H3,(H,13,14). The first-order chi connectivity index (χ1) is 7.24. The van der Waals surface area contributed by atoms with Gasteiger partial charge in [0.05, 0.1) is 13.1 Å². The third-order valence-electron chi connectivity index (χ3n) is 1.99. The number of aryl methyl sites for hydroxylation is 1. The summed E-state index contributed by atoms with van der Waals surface area (Å²) in [7, 11) is 0. The van der Waals surface area contributed by atoms with E-state index in [1.807, 2.05) is 12.3 Å². The number of amides is 1. The largest absolute Gasteiger partial charge is 0.350 e. The summed E-state index contributed by atoms with van der Waals surface area (Å²) < 4.78 is 0. The lowest BCUT2D eigenvalue weighted by Gasteiger charge is -2.04. The number of rotatable bonds is 6. The molecule has 0 aromatic carbocycles. The Hall–Kier alpha value is -1.13. The van der Waals surface area contributed by atoms with Crippen molar-refractivity contribution in [3.05, 3.63) is 34.5 Å². The fourth-order valence-corrected chi connectivity index (χ4v) is 1.96. The SMILES string of the molecule is C=CCNCC(=O)NCc1sccc1C. The third kappa shape index (κ3) is 4.27. The molecule has 0 fully saturated rings. The Morgan fingerprint density at radius 3 is 3.07 bits per heavy atom. The van der Waals surface area contributed by atoms with Crippen LogP contribution in [-0.4, -0.2) is 19.0 Å². The van der Waals surface area contributed by atoms with Crippen molar-refractivity contribution in [2.24, 2.45) is 0 Å². The van der Waals surface area contributed by atoms with Crippen LogP contribution in [0.5, 0.6) is 0 Å². The average molecular weight is 224 g/mol. The minimum atomic E-state index is 0.0182. The van der Waals surface area contributed by atoms with Gasteiger partial charge in [-0.25, -0.2) is 0 Å².